The summed E-state index contributed by atoms with van der Waals surface area (Å²) >= 11 is 0. The molecule has 0 saturated carbocycles. The van der Waals surface area contributed by atoms with E-state index < -0.39 is 0 Å². The Hall–Kier alpha value is -2.94. The van der Waals surface area contributed by atoms with Crippen LogP contribution in [0.3, 0.4) is 0 Å². The van der Waals surface area contributed by atoms with Crippen molar-refractivity contribution in [3.05, 3.63) is 48.7 Å². The van der Waals surface area contributed by atoms with Gasteiger partial charge in [0.25, 0.3) is 0 Å². The topological polar surface area (TPSA) is 79.1 Å². The minimum absolute atomic E-state index is 0.0150. The summed E-state index contributed by atoms with van der Waals surface area (Å²) in [6.07, 6.45) is 12.5. The molecule has 1 heterocycles. The first-order valence-corrected chi connectivity index (χ1v) is 14.4. The van der Waals surface area contributed by atoms with Crippen molar-refractivity contribution in [2.75, 3.05) is 24.6 Å². The summed E-state index contributed by atoms with van der Waals surface area (Å²) in [5.41, 5.74) is 3.28. The van der Waals surface area contributed by atoms with Gasteiger partial charge in [-0.2, -0.15) is 15.2 Å². The Morgan fingerprint density at radius 3 is 2.50 bits per heavy atom. The number of nitriles is 1. The van der Waals surface area contributed by atoms with E-state index in [9.17, 15) is 10.1 Å². The molecule has 1 aromatic heterocycles. The first kappa shape index (κ1) is 33.1. The second-order valence-corrected chi connectivity index (χ2v) is 10.2. The number of aryl methyl sites for hydroxylation is 1. The fourth-order valence-corrected chi connectivity index (χ4v) is 4.59. The molecular formula is C32H50N4O2. The quantitative estimate of drug-likeness (QED) is 0.0886. The maximum absolute atomic E-state index is 11.9. The SMILES string of the molecule is C=CCCCc1c(CC)nc(OC[C@H](CCCC)C(=C)C)nc1N(CCC)CC(CC#N)CCC(=O)C=C. The lowest BCUT2D eigenvalue weighted by Gasteiger charge is -2.30. The van der Waals surface area contributed by atoms with E-state index >= 15 is 0 Å². The van der Waals surface area contributed by atoms with E-state index in [2.05, 4.69) is 58.4 Å². The molecule has 0 radical (unpaired) electrons. The number of anilines is 1. The third kappa shape index (κ3) is 11.6. The van der Waals surface area contributed by atoms with Gasteiger partial charge in [-0.05, 0) is 63.9 Å². The molecule has 1 rings (SSSR count). The Morgan fingerprint density at radius 1 is 1.16 bits per heavy atom. The van der Waals surface area contributed by atoms with Crippen molar-refractivity contribution in [1.29, 1.82) is 5.26 Å². The number of hydrogen-bond acceptors (Lipinski definition) is 6. The molecule has 210 valence electrons. The van der Waals surface area contributed by atoms with Crippen LogP contribution in [-0.2, 0) is 17.6 Å². The summed E-state index contributed by atoms with van der Waals surface area (Å²) in [6.45, 7) is 22.1. The van der Waals surface area contributed by atoms with Gasteiger partial charge in [-0.15, -0.1) is 6.58 Å². The highest BCUT2D eigenvalue weighted by atomic mass is 16.5. The standard InChI is InChI=1S/C32H50N4O2/c1-8-13-15-17-29-30(12-5)34-32(38-24-27(25(6)7)16-14-9-2)35-31(29)36(22-10-3)23-26(20-21-33)18-19-28(37)11-4/h8,11,26-27H,1,4,6,9-10,12-20,22-24H2,2-3,5,7H3/t26?,27-/m0/s1. The molecule has 6 heteroatoms. The average molecular weight is 523 g/mol. The minimum atomic E-state index is 0.0150. The number of aromatic nitrogens is 2. The number of carbonyl (C=O) groups excluding carboxylic acids is 1. The van der Waals surface area contributed by atoms with Gasteiger partial charge < -0.3 is 9.64 Å². The summed E-state index contributed by atoms with van der Waals surface area (Å²) in [5, 5.41) is 9.49. The largest absolute Gasteiger partial charge is 0.463 e. The van der Waals surface area contributed by atoms with Gasteiger partial charge in [0.05, 0.1) is 18.4 Å². The van der Waals surface area contributed by atoms with E-state index in [-0.39, 0.29) is 17.6 Å². The monoisotopic (exact) mass is 522 g/mol. The van der Waals surface area contributed by atoms with Crippen LogP contribution in [0.2, 0.25) is 0 Å². The van der Waals surface area contributed by atoms with Gasteiger partial charge >= 0.3 is 6.01 Å². The van der Waals surface area contributed by atoms with Gasteiger partial charge in [-0.25, -0.2) is 0 Å². The summed E-state index contributed by atoms with van der Waals surface area (Å²) in [7, 11) is 0. The van der Waals surface area contributed by atoms with Gasteiger partial charge in [0.15, 0.2) is 5.78 Å². The highest BCUT2D eigenvalue weighted by Gasteiger charge is 2.23. The Kier molecular flexibility index (Phi) is 16.7. The lowest BCUT2D eigenvalue weighted by molar-refractivity contribution is -0.114. The summed E-state index contributed by atoms with van der Waals surface area (Å²) < 4.78 is 6.23. The number of hydrogen-bond donors (Lipinski definition) is 0. The van der Waals surface area contributed by atoms with Crippen LogP contribution in [0.5, 0.6) is 6.01 Å². The average Bonchev–Trinajstić information content (AvgIpc) is 2.91. The Bertz CT molecular complexity index is 934. The Balaban J connectivity index is 3.41. The van der Waals surface area contributed by atoms with Gasteiger partial charge in [0.2, 0.25) is 0 Å². The Morgan fingerprint density at radius 2 is 1.92 bits per heavy atom. The fourth-order valence-electron chi connectivity index (χ4n) is 4.59. The van der Waals surface area contributed by atoms with E-state index in [0.717, 1.165) is 80.6 Å². The maximum atomic E-state index is 11.9. The second-order valence-electron chi connectivity index (χ2n) is 10.2. The molecule has 6 nitrogen and oxygen atoms in total. The molecular weight excluding hydrogens is 472 g/mol. The van der Waals surface area contributed by atoms with Crippen LogP contribution in [-0.4, -0.2) is 35.4 Å². The van der Waals surface area contributed by atoms with E-state index in [4.69, 9.17) is 14.7 Å². The van der Waals surface area contributed by atoms with E-state index in [1.807, 2.05) is 6.08 Å². The highest BCUT2D eigenvalue weighted by Crippen LogP contribution is 2.29. The van der Waals surface area contributed by atoms with Gasteiger partial charge in [-0.3, -0.25) is 4.79 Å². The number of ketones is 1. The number of carbonyl (C=O) groups is 1. The van der Waals surface area contributed by atoms with Gasteiger partial charge in [0.1, 0.15) is 5.82 Å². The fraction of sp³-hybridized carbons (Fsp3) is 0.625. The van der Waals surface area contributed by atoms with Crippen LogP contribution in [0.4, 0.5) is 5.82 Å². The van der Waals surface area contributed by atoms with Crippen molar-refractivity contribution in [2.45, 2.75) is 98.3 Å². The molecule has 38 heavy (non-hydrogen) atoms. The summed E-state index contributed by atoms with van der Waals surface area (Å²) in [5.74, 6) is 1.24. The van der Waals surface area contributed by atoms with E-state index in [1.54, 1.807) is 0 Å². The summed E-state index contributed by atoms with van der Waals surface area (Å²) in [6, 6.07) is 2.73. The van der Waals surface area contributed by atoms with Crippen LogP contribution >= 0.6 is 0 Å². The molecule has 0 bridgehead atoms. The number of nitrogens with zero attached hydrogens (tertiary/aromatic N) is 4. The second kappa shape index (κ2) is 19.2. The normalized spacial score (nSPS) is 12.3. The predicted molar refractivity (Wildman–Crippen MR) is 159 cm³/mol. The predicted octanol–water partition coefficient (Wildman–Crippen LogP) is 7.59. The first-order valence-electron chi connectivity index (χ1n) is 14.4. The lowest BCUT2D eigenvalue weighted by Crippen LogP contribution is -2.33. The molecule has 0 aromatic carbocycles. The minimum Gasteiger partial charge on any atom is -0.463 e. The van der Waals surface area contributed by atoms with Crippen molar-refractivity contribution >= 4 is 11.6 Å². The van der Waals surface area contributed by atoms with Crippen LogP contribution in [0.25, 0.3) is 0 Å². The third-order valence-corrected chi connectivity index (χ3v) is 6.92. The van der Waals surface area contributed by atoms with E-state index in [1.165, 1.54) is 6.08 Å². The van der Waals surface area contributed by atoms with Crippen LogP contribution in [0, 0.1) is 23.2 Å². The molecule has 0 aliphatic rings. The number of ether oxygens (including phenoxy) is 1. The number of allylic oxidation sites excluding steroid dienone is 2. The van der Waals surface area contributed by atoms with Crippen molar-refractivity contribution in [2.24, 2.45) is 11.8 Å². The summed E-state index contributed by atoms with van der Waals surface area (Å²) in [4.78, 5) is 24.0. The van der Waals surface area contributed by atoms with Crippen molar-refractivity contribution in [1.82, 2.24) is 9.97 Å². The molecule has 1 unspecified atom stereocenters. The smallest absolute Gasteiger partial charge is 0.318 e. The molecule has 1 aromatic rings. The zero-order valence-corrected chi connectivity index (χ0v) is 24.4. The van der Waals surface area contributed by atoms with Crippen LogP contribution in [0.15, 0.2) is 37.5 Å². The van der Waals surface area contributed by atoms with Crippen molar-refractivity contribution in [3.8, 4) is 12.1 Å². The zero-order chi connectivity index (χ0) is 28.3. The molecule has 0 aliphatic heterocycles. The molecule has 0 fully saturated rings. The maximum Gasteiger partial charge on any atom is 0.318 e. The van der Waals surface area contributed by atoms with Gasteiger partial charge in [0, 0.05) is 37.4 Å². The zero-order valence-electron chi connectivity index (χ0n) is 24.4. The molecule has 0 spiro atoms. The number of rotatable bonds is 22. The molecule has 0 saturated heterocycles. The van der Waals surface area contributed by atoms with Crippen LogP contribution in [0.1, 0.15) is 96.7 Å². The Labute approximate surface area is 231 Å². The van der Waals surface area contributed by atoms with Crippen molar-refractivity contribution < 1.29 is 9.53 Å². The van der Waals surface area contributed by atoms with Crippen molar-refractivity contribution in [3.63, 3.8) is 0 Å². The first-order chi connectivity index (χ1) is 18.3. The van der Waals surface area contributed by atoms with Crippen LogP contribution < -0.4 is 9.64 Å². The van der Waals surface area contributed by atoms with E-state index in [0.29, 0.717) is 38.4 Å². The molecule has 0 N–H and O–H groups in total. The van der Waals surface area contributed by atoms with Gasteiger partial charge in [-0.1, -0.05) is 58.4 Å². The third-order valence-electron chi connectivity index (χ3n) is 6.92. The number of unbranched alkanes of at least 4 members (excludes halogenated alkanes) is 2. The molecule has 2 atom stereocenters. The molecule has 0 aliphatic carbocycles. The molecule has 0 amide bonds. The highest BCUT2D eigenvalue weighted by molar-refractivity contribution is 5.88. The lowest BCUT2D eigenvalue weighted by atomic mass is 9.96.